The maximum absolute atomic E-state index is 12.2. The summed E-state index contributed by atoms with van der Waals surface area (Å²) in [6.45, 7) is 0. The summed E-state index contributed by atoms with van der Waals surface area (Å²) in [4.78, 5) is 12.2. The molecule has 1 saturated carbocycles. The molecule has 0 saturated heterocycles. The first-order chi connectivity index (χ1) is 10.3. The van der Waals surface area contributed by atoms with E-state index < -0.39 is 0 Å². The summed E-state index contributed by atoms with van der Waals surface area (Å²) >= 11 is 2.91. The molecule has 3 rings (SSSR count). The van der Waals surface area contributed by atoms with Crippen LogP contribution in [-0.4, -0.2) is 34.9 Å². The van der Waals surface area contributed by atoms with Crippen LogP contribution in [-0.2, 0) is 0 Å². The second kappa shape index (κ2) is 6.44. The van der Waals surface area contributed by atoms with E-state index >= 15 is 0 Å². The standard InChI is InChI=1S/C14H15N3O2S2/c1-19-12-5-3-2-4-10(12)11(18)8-20-14-17-16-13(21-14)15-9-6-7-9/h2-5,9H,6-8H2,1H3,(H,15,16). The van der Waals surface area contributed by atoms with Crippen LogP contribution < -0.4 is 10.1 Å². The van der Waals surface area contributed by atoms with Crippen molar-refractivity contribution in [2.24, 2.45) is 0 Å². The minimum Gasteiger partial charge on any atom is -0.496 e. The molecule has 1 aromatic heterocycles. The number of aromatic nitrogens is 2. The van der Waals surface area contributed by atoms with Gasteiger partial charge in [0.15, 0.2) is 10.1 Å². The van der Waals surface area contributed by atoms with Crippen LogP contribution in [0.2, 0.25) is 0 Å². The molecule has 5 nitrogen and oxygen atoms in total. The molecule has 1 aliphatic rings. The predicted molar refractivity (Wildman–Crippen MR) is 84.6 cm³/mol. The molecule has 0 amide bonds. The highest BCUT2D eigenvalue weighted by atomic mass is 32.2. The number of thioether (sulfide) groups is 1. The molecule has 1 fully saturated rings. The molecule has 21 heavy (non-hydrogen) atoms. The maximum Gasteiger partial charge on any atom is 0.206 e. The number of methoxy groups -OCH3 is 1. The molecule has 0 bridgehead atoms. The fourth-order valence-corrected chi connectivity index (χ4v) is 3.52. The Morgan fingerprint density at radius 2 is 2.24 bits per heavy atom. The third-order valence-corrected chi connectivity index (χ3v) is 5.03. The summed E-state index contributed by atoms with van der Waals surface area (Å²) in [6, 6.07) is 7.82. The number of hydrogen-bond donors (Lipinski definition) is 1. The smallest absolute Gasteiger partial charge is 0.206 e. The van der Waals surface area contributed by atoms with Crippen molar-refractivity contribution in [1.29, 1.82) is 0 Å². The number of nitrogens with one attached hydrogen (secondary N) is 1. The van der Waals surface area contributed by atoms with Gasteiger partial charge in [-0.15, -0.1) is 10.2 Å². The van der Waals surface area contributed by atoms with E-state index in [9.17, 15) is 4.79 Å². The minimum atomic E-state index is 0.0318. The van der Waals surface area contributed by atoms with E-state index in [1.807, 2.05) is 12.1 Å². The van der Waals surface area contributed by atoms with Crippen LogP contribution in [0.5, 0.6) is 5.75 Å². The van der Waals surface area contributed by atoms with E-state index in [0.717, 1.165) is 9.47 Å². The largest absolute Gasteiger partial charge is 0.496 e. The van der Waals surface area contributed by atoms with E-state index in [-0.39, 0.29) is 5.78 Å². The topological polar surface area (TPSA) is 64.1 Å². The van der Waals surface area contributed by atoms with Gasteiger partial charge in [0.25, 0.3) is 0 Å². The lowest BCUT2D eigenvalue weighted by molar-refractivity contribution is 0.101. The first kappa shape index (κ1) is 14.3. The summed E-state index contributed by atoms with van der Waals surface area (Å²) < 4.78 is 6.01. The van der Waals surface area contributed by atoms with Gasteiger partial charge in [-0.2, -0.15) is 0 Å². The minimum absolute atomic E-state index is 0.0318. The zero-order chi connectivity index (χ0) is 14.7. The lowest BCUT2D eigenvalue weighted by Crippen LogP contribution is -2.04. The number of Topliss-reactive ketones (excluding diaryl/α,β-unsaturated/α-hetero) is 1. The Labute approximate surface area is 131 Å². The lowest BCUT2D eigenvalue weighted by atomic mass is 10.1. The van der Waals surface area contributed by atoms with Gasteiger partial charge in [-0.25, -0.2) is 0 Å². The molecule has 1 heterocycles. The number of benzene rings is 1. The number of hydrogen-bond acceptors (Lipinski definition) is 7. The van der Waals surface area contributed by atoms with E-state index in [1.54, 1.807) is 19.2 Å². The normalized spacial score (nSPS) is 14.0. The number of para-hydroxylation sites is 1. The van der Waals surface area contributed by atoms with Gasteiger partial charge in [-0.05, 0) is 25.0 Å². The SMILES string of the molecule is COc1ccccc1C(=O)CSc1nnc(NC2CC2)s1. The van der Waals surface area contributed by atoms with Crippen LogP contribution in [0.4, 0.5) is 5.13 Å². The van der Waals surface area contributed by atoms with Crippen molar-refractivity contribution in [1.82, 2.24) is 10.2 Å². The number of carbonyl (C=O) groups is 1. The molecule has 0 unspecified atom stereocenters. The Morgan fingerprint density at radius 1 is 1.43 bits per heavy atom. The lowest BCUT2D eigenvalue weighted by Gasteiger charge is -2.05. The van der Waals surface area contributed by atoms with Crippen molar-refractivity contribution >= 4 is 34.0 Å². The van der Waals surface area contributed by atoms with Gasteiger partial charge in [0.1, 0.15) is 5.75 Å². The van der Waals surface area contributed by atoms with Gasteiger partial charge in [-0.1, -0.05) is 35.2 Å². The second-order valence-corrected chi connectivity index (χ2v) is 6.90. The van der Waals surface area contributed by atoms with E-state index in [0.29, 0.717) is 23.1 Å². The Morgan fingerprint density at radius 3 is 3.00 bits per heavy atom. The summed E-state index contributed by atoms with van der Waals surface area (Å²) in [6.07, 6.45) is 2.41. The number of ketones is 1. The molecular weight excluding hydrogens is 306 g/mol. The number of carbonyl (C=O) groups excluding carboxylic acids is 1. The Hall–Kier alpha value is -1.60. The van der Waals surface area contributed by atoms with Crippen LogP contribution in [0.25, 0.3) is 0 Å². The predicted octanol–water partition coefficient (Wildman–Crippen LogP) is 3.10. The Bertz CT molecular complexity index is 641. The average molecular weight is 321 g/mol. The van der Waals surface area contributed by atoms with E-state index in [1.165, 1.54) is 35.9 Å². The molecule has 0 aliphatic heterocycles. The highest BCUT2D eigenvalue weighted by Gasteiger charge is 2.22. The molecule has 1 N–H and O–H groups in total. The van der Waals surface area contributed by atoms with Crippen molar-refractivity contribution in [3.05, 3.63) is 29.8 Å². The fourth-order valence-electron chi connectivity index (χ4n) is 1.81. The van der Waals surface area contributed by atoms with Crippen molar-refractivity contribution in [3.8, 4) is 5.75 Å². The zero-order valence-corrected chi connectivity index (χ0v) is 13.2. The first-order valence-corrected chi connectivity index (χ1v) is 8.45. The first-order valence-electron chi connectivity index (χ1n) is 6.65. The highest BCUT2D eigenvalue weighted by molar-refractivity contribution is 8.01. The third-order valence-electron chi connectivity index (χ3n) is 3.05. The van der Waals surface area contributed by atoms with Crippen molar-refractivity contribution < 1.29 is 9.53 Å². The average Bonchev–Trinajstić information content (AvgIpc) is 3.21. The molecule has 0 atom stereocenters. The van der Waals surface area contributed by atoms with Crippen molar-refractivity contribution in [3.63, 3.8) is 0 Å². The van der Waals surface area contributed by atoms with Crippen molar-refractivity contribution in [2.45, 2.75) is 23.2 Å². The molecule has 0 spiro atoms. The summed E-state index contributed by atoms with van der Waals surface area (Å²) in [5.74, 6) is 0.971. The van der Waals surface area contributed by atoms with Crippen LogP contribution in [0, 0.1) is 0 Å². The van der Waals surface area contributed by atoms with Gasteiger partial charge < -0.3 is 10.1 Å². The molecule has 1 aromatic carbocycles. The number of rotatable bonds is 7. The zero-order valence-electron chi connectivity index (χ0n) is 11.5. The second-order valence-electron chi connectivity index (χ2n) is 4.70. The van der Waals surface area contributed by atoms with Crippen LogP contribution in [0.1, 0.15) is 23.2 Å². The fraction of sp³-hybridized carbons (Fsp3) is 0.357. The van der Waals surface area contributed by atoms with Gasteiger partial charge in [0.2, 0.25) is 5.13 Å². The monoisotopic (exact) mass is 321 g/mol. The van der Waals surface area contributed by atoms with Crippen molar-refractivity contribution in [2.75, 3.05) is 18.2 Å². The van der Waals surface area contributed by atoms with Gasteiger partial charge in [-0.3, -0.25) is 4.79 Å². The van der Waals surface area contributed by atoms with E-state index in [2.05, 4.69) is 15.5 Å². The molecule has 110 valence electrons. The van der Waals surface area contributed by atoms with Gasteiger partial charge in [0.05, 0.1) is 18.4 Å². The molecule has 1 aliphatic carbocycles. The van der Waals surface area contributed by atoms with Crippen LogP contribution in [0.3, 0.4) is 0 Å². The summed E-state index contributed by atoms with van der Waals surface area (Å²) in [5, 5.41) is 12.3. The summed E-state index contributed by atoms with van der Waals surface area (Å²) in [5.41, 5.74) is 0.605. The molecule has 7 heteroatoms. The third kappa shape index (κ3) is 3.74. The molecular formula is C14H15N3O2S2. The van der Waals surface area contributed by atoms with E-state index in [4.69, 9.17) is 4.74 Å². The Kier molecular flexibility index (Phi) is 4.40. The Balaban J connectivity index is 1.58. The maximum atomic E-state index is 12.2. The van der Waals surface area contributed by atoms with Crippen LogP contribution >= 0.6 is 23.1 Å². The summed E-state index contributed by atoms with van der Waals surface area (Å²) in [7, 11) is 1.57. The number of ether oxygens (including phenoxy) is 1. The highest BCUT2D eigenvalue weighted by Crippen LogP contribution is 2.31. The molecule has 2 aromatic rings. The number of anilines is 1. The van der Waals surface area contributed by atoms with Crippen LogP contribution in [0.15, 0.2) is 28.6 Å². The molecule has 0 radical (unpaired) electrons. The van der Waals surface area contributed by atoms with Gasteiger partial charge >= 0.3 is 0 Å². The van der Waals surface area contributed by atoms with Gasteiger partial charge in [0, 0.05) is 6.04 Å². The number of nitrogens with zero attached hydrogens (tertiary/aromatic N) is 2. The quantitative estimate of drug-likeness (QED) is 0.624.